The number of fused-ring (bicyclic) bond motifs is 1. The fraction of sp³-hybridized carbons (Fsp3) is 0.290. The Morgan fingerprint density at radius 1 is 0.974 bits per heavy atom. The summed E-state index contributed by atoms with van der Waals surface area (Å²) in [5.41, 5.74) is 11.1. The van der Waals surface area contributed by atoms with Crippen LogP contribution in [0.2, 0.25) is 0 Å². The summed E-state index contributed by atoms with van der Waals surface area (Å²) in [6, 6.07) is 21.1. The van der Waals surface area contributed by atoms with E-state index in [0.29, 0.717) is 35.7 Å². The van der Waals surface area contributed by atoms with Gasteiger partial charge in [-0.05, 0) is 47.9 Å². The number of hydrogen-bond acceptors (Lipinski definition) is 5. The molecule has 0 aliphatic carbocycles. The zero-order valence-corrected chi connectivity index (χ0v) is 22.3. The molecule has 4 rings (SSSR count). The molecule has 4 aromatic rings. The molecule has 3 aromatic carbocycles. The van der Waals surface area contributed by atoms with Gasteiger partial charge in [-0.2, -0.15) is 0 Å². The zero-order valence-electron chi connectivity index (χ0n) is 22.3. The minimum Gasteiger partial charge on any atom is -0.489 e. The smallest absolute Gasteiger partial charge is 0.416 e. The average Bonchev–Trinajstić information content (AvgIpc) is 3.23. The monoisotopic (exact) mass is 514 g/mol. The highest BCUT2D eigenvalue weighted by atomic mass is 16.5. The molecule has 7 nitrogen and oxygen atoms in total. The van der Waals surface area contributed by atoms with Gasteiger partial charge in [0.2, 0.25) is 0 Å². The molecule has 1 heterocycles. The lowest BCUT2D eigenvalue weighted by Crippen LogP contribution is -2.23. The average molecular weight is 515 g/mol. The standard InChI is InChI=1S/C31H34N2O5/c1-5-37-28(34)17-23-10-6-7-12-27(23)38-19-25-24-16-22(21-11-8-9-20(15-21)18-32)13-14-26(24)33(30(35)36)29(25)31(2,3)4/h6-16H,5,17-19,32H2,1-4H3,(H,35,36). The summed E-state index contributed by atoms with van der Waals surface area (Å²) >= 11 is 0. The Kier molecular flexibility index (Phi) is 7.88. The fourth-order valence-electron chi connectivity index (χ4n) is 4.85. The molecule has 0 aliphatic rings. The van der Waals surface area contributed by atoms with Gasteiger partial charge >= 0.3 is 12.1 Å². The largest absolute Gasteiger partial charge is 0.489 e. The summed E-state index contributed by atoms with van der Waals surface area (Å²) in [5.74, 6) is 0.231. The number of rotatable bonds is 8. The van der Waals surface area contributed by atoms with E-state index >= 15 is 0 Å². The van der Waals surface area contributed by atoms with Gasteiger partial charge < -0.3 is 20.3 Å². The molecule has 0 amide bonds. The lowest BCUT2D eigenvalue weighted by atomic mass is 9.88. The van der Waals surface area contributed by atoms with Gasteiger partial charge in [0.15, 0.2) is 0 Å². The van der Waals surface area contributed by atoms with Crippen molar-refractivity contribution >= 4 is 23.0 Å². The Balaban J connectivity index is 1.84. The van der Waals surface area contributed by atoms with Crippen molar-refractivity contribution in [3.63, 3.8) is 0 Å². The summed E-state index contributed by atoms with van der Waals surface area (Å²) in [6.45, 7) is 8.62. The third-order valence-corrected chi connectivity index (χ3v) is 6.45. The number of aromatic nitrogens is 1. The van der Waals surface area contributed by atoms with E-state index in [0.717, 1.165) is 27.6 Å². The van der Waals surface area contributed by atoms with Crippen molar-refractivity contribution in [2.75, 3.05) is 6.61 Å². The first-order valence-corrected chi connectivity index (χ1v) is 12.7. The van der Waals surface area contributed by atoms with Crippen molar-refractivity contribution in [2.24, 2.45) is 5.73 Å². The van der Waals surface area contributed by atoms with Gasteiger partial charge in [-0.25, -0.2) is 9.36 Å². The summed E-state index contributed by atoms with van der Waals surface area (Å²) in [7, 11) is 0. The number of nitrogens with zero attached hydrogens (tertiary/aromatic N) is 1. The first-order chi connectivity index (χ1) is 18.1. The van der Waals surface area contributed by atoms with Crippen LogP contribution >= 0.6 is 0 Å². The summed E-state index contributed by atoms with van der Waals surface area (Å²) in [6.07, 6.45) is -0.957. The maximum atomic E-state index is 12.5. The van der Waals surface area contributed by atoms with E-state index in [-0.39, 0.29) is 19.0 Å². The second kappa shape index (κ2) is 11.1. The lowest BCUT2D eigenvalue weighted by Gasteiger charge is -2.22. The fourth-order valence-corrected chi connectivity index (χ4v) is 4.85. The summed E-state index contributed by atoms with van der Waals surface area (Å²) < 4.78 is 12.8. The SMILES string of the molecule is CCOC(=O)Cc1ccccc1OCc1c(C(C)(C)C)n(C(=O)O)c2ccc(-c3cccc(CN)c3)cc12. The number of carbonyl (C=O) groups excluding carboxylic acids is 1. The molecule has 0 bridgehead atoms. The van der Waals surface area contributed by atoms with E-state index in [2.05, 4.69) is 0 Å². The molecule has 0 aliphatic heterocycles. The van der Waals surface area contributed by atoms with Crippen LogP contribution in [0.15, 0.2) is 66.7 Å². The molecule has 0 saturated heterocycles. The van der Waals surface area contributed by atoms with Crippen LogP contribution in [0, 0.1) is 0 Å². The molecule has 0 fully saturated rings. The molecule has 0 saturated carbocycles. The summed E-state index contributed by atoms with van der Waals surface area (Å²) in [5, 5.41) is 11.0. The van der Waals surface area contributed by atoms with Crippen LogP contribution in [0.5, 0.6) is 5.75 Å². The first-order valence-electron chi connectivity index (χ1n) is 12.7. The Morgan fingerprint density at radius 3 is 2.39 bits per heavy atom. The number of nitrogens with two attached hydrogens (primary N) is 1. The molecule has 3 N–H and O–H groups in total. The highest BCUT2D eigenvalue weighted by Gasteiger charge is 2.30. The molecule has 1 aromatic heterocycles. The molecular weight excluding hydrogens is 480 g/mol. The molecule has 38 heavy (non-hydrogen) atoms. The predicted molar refractivity (Wildman–Crippen MR) is 148 cm³/mol. The third-order valence-electron chi connectivity index (χ3n) is 6.45. The molecule has 0 atom stereocenters. The first kappa shape index (κ1) is 26.9. The number of ether oxygens (including phenoxy) is 2. The Morgan fingerprint density at radius 2 is 1.71 bits per heavy atom. The van der Waals surface area contributed by atoms with E-state index < -0.39 is 11.5 Å². The summed E-state index contributed by atoms with van der Waals surface area (Å²) in [4.78, 5) is 24.6. The quantitative estimate of drug-likeness (QED) is 0.268. The highest BCUT2D eigenvalue weighted by Crippen LogP contribution is 2.37. The van der Waals surface area contributed by atoms with Gasteiger partial charge in [0.1, 0.15) is 12.4 Å². The maximum Gasteiger partial charge on any atom is 0.416 e. The van der Waals surface area contributed by atoms with E-state index in [1.54, 1.807) is 6.92 Å². The van der Waals surface area contributed by atoms with Crippen LogP contribution in [0.25, 0.3) is 22.0 Å². The Hall–Kier alpha value is -4.10. The predicted octanol–water partition coefficient (Wildman–Crippen LogP) is 6.28. The topological polar surface area (TPSA) is 104 Å². The van der Waals surface area contributed by atoms with Gasteiger partial charge in [0.25, 0.3) is 0 Å². The maximum absolute atomic E-state index is 12.5. The van der Waals surface area contributed by atoms with Gasteiger partial charge in [-0.1, -0.05) is 63.2 Å². The molecule has 0 spiro atoms. The van der Waals surface area contributed by atoms with Crippen molar-refractivity contribution in [1.82, 2.24) is 4.57 Å². The van der Waals surface area contributed by atoms with Crippen molar-refractivity contribution in [1.29, 1.82) is 0 Å². The van der Waals surface area contributed by atoms with E-state index in [4.69, 9.17) is 15.2 Å². The molecule has 0 unspecified atom stereocenters. The second-order valence-electron chi connectivity index (χ2n) is 10.2. The minimum absolute atomic E-state index is 0.0919. The number of hydrogen-bond donors (Lipinski definition) is 2. The number of carboxylic acid groups (broad SMARTS) is 1. The van der Waals surface area contributed by atoms with Gasteiger partial charge in [-0.15, -0.1) is 0 Å². The number of esters is 1. The van der Waals surface area contributed by atoms with Gasteiger partial charge in [-0.3, -0.25) is 4.79 Å². The Labute approximate surface area is 222 Å². The molecule has 7 heteroatoms. The Bertz CT molecular complexity index is 1480. The van der Waals surface area contributed by atoms with Crippen molar-refractivity contribution in [3.05, 3.63) is 89.1 Å². The van der Waals surface area contributed by atoms with E-state index in [1.165, 1.54) is 4.57 Å². The normalized spacial score (nSPS) is 11.5. The number of para-hydroxylation sites is 1. The van der Waals surface area contributed by atoms with E-state index in [9.17, 15) is 14.7 Å². The van der Waals surface area contributed by atoms with Crippen LogP contribution in [0.4, 0.5) is 4.79 Å². The van der Waals surface area contributed by atoms with Crippen molar-refractivity contribution < 1.29 is 24.2 Å². The van der Waals surface area contributed by atoms with Crippen LogP contribution in [0.3, 0.4) is 0 Å². The van der Waals surface area contributed by atoms with E-state index in [1.807, 2.05) is 87.5 Å². The number of benzene rings is 3. The number of carbonyl (C=O) groups is 2. The zero-order chi connectivity index (χ0) is 27.4. The van der Waals surface area contributed by atoms with Crippen molar-refractivity contribution in [2.45, 2.75) is 52.7 Å². The minimum atomic E-state index is -1.05. The van der Waals surface area contributed by atoms with Crippen LogP contribution in [-0.4, -0.2) is 28.3 Å². The van der Waals surface area contributed by atoms with Crippen molar-refractivity contribution in [3.8, 4) is 16.9 Å². The molecule has 0 radical (unpaired) electrons. The molecular formula is C31H34N2O5. The highest BCUT2D eigenvalue weighted by molar-refractivity contribution is 5.96. The van der Waals surface area contributed by atoms with Gasteiger partial charge in [0, 0.05) is 34.2 Å². The van der Waals surface area contributed by atoms with Gasteiger partial charge in [0.05, 0.1) is 18.5 Å². The van der Waals surface area contributed by atoms with Crippen LogP contribution in [0.1, 0.15) is 50.1 Å². The third kappa shape index (κ3) is 5.58. The van der Waals surface area contributed by atoms with Crippen LogP contribution in [-0.2, 0) is 34.5 Å². The molecule has 198 valence electrons. The second-order valence-corrected chi connectivity index (χ2v) is 10.2. The van der Waals surface area contributed by atoms with Crippen LogP contribution < -0.4 is 10.5 Å². The lowest BCUT2D eigenvalue weighted by molar-refractivity contribution is -0.142.